The van der Waals surface area contributed by atoms with Crippen LogP contribution in [-0.4, -0.2) is 31.4 Å². The molecule has 0 saturated carbocycles. The van der Waals surface area contributed by atoms with Gasteiger partial charge in [-0.1, -0.05) is 24.3 Å². The molecule has 2 rings (SSSR count). The maximum absolute atomic E-state index is 11.9. The quantitative estimate of drug-likeness (QED) is 0.607. The van der Waals surface area contributed by atoms with Crippen LogP contribution in [0.4, 0.5) is 0 Å². The van der Waals surface area contributed by atoms with Crippen LogP contribution in [-0.2, 0) is 9.53 Å². The molecule has 0 unspecified atom stereocenters. The van der Waals surface area contributed by atoms with E-state index in [1.807, 2.05) is 24.3 Å². The number of hydrogen-bond acceptors (Lipinski definition) is 5. The Labute approximate surface area is 118 Å². The van der Waals surface area contributed by atoms with E-state index < -0.39 is 0 Å². The molecule has 1 fully saturated rings. The molecule has 0 radical (unpaired) electrons. The summed E-state index contributed by atoms with van der Waals surface area (Å²) in [5.41, 5.74) is 1.75. The van der Waals surface area contributed by atoms with E-state index in [1.54, 1.807) is 6.92 Å². The van der Waals surface area contributed by atoms with Gasteiger partial charge in [0.05, 0.1) is 19.2 Å². The van der Waals surface area contributed by atoms with Gasteiger partial charge in [-0.25, -0.2) is 0 Å². The van der Waals surface area contributed by atoms with Crippen LogP contribution < -0.4 is 10.6 Å². The number of nitrogens with one attached hydrogen (secondary N) is 2. The fourth-order valence-corrected chi connectivity index (χ4v) is 2.20. The minimum Gasteiger partial charge on any atom is -0.466 e. The second kappa shape index (κ2) is 7.17. The SMILES string of the molecule is CCOC(=O)CCC(=O)c1ccc(C2NCCN2)cc1. The topological polar surface area (TPSA) is 67.4 Å². The third-order valence-corrected chi connectivity index (χ3v) is 3.25. The van der Waals surface area contributed by atoms with Crippen LogP contribution in [0.2, 0.25) is 0 Å². The van der Waals surface area contributed by atoms with Gasteiger partial charge in [0.25, 0.3) is 0 Å². The first-order valence-electron chi connectivity index (χ1n) is 6.96. The Balaban J connectivity index is 1.88. The lowest BCUT2D eigenvalue weighted by molar-refractivity contribution is -0.143. The van der Waals surface area contributed by atoms with Gasteiger partial charge in [-0.15, -0.1) is 0 Å². The summed E-state index contributed by atoms with van der Waals surface area (Å²) in [6.45, 7) is 4.00. The predicted molar refractivity (Wildman–Crippen MR) is 75.4 cm³/mol. The molecule has 0 atom stereocenters. The van der Waals surface area contributed by atoms with Gasteiger partial charge in [0, 0.05) is 25.1 Å². The average Bonchev–Trinajstić information content (AvgIpc) is 2.99. The lowest BCUT2D eigenvalue weighted by Crippen LogP contribution is -2.21. The number of Topliss-reactive ketones (excluding diaryl/α,β-unsaturated/α-hetero) is 1. The summed E-state index contributed by atoms with van der Waals surface area (Å²) in [4.78, 5) is 23.2. The molecular formula is C15H20N2O3. The molecule has 1 aliphatic rings. The van der Waals surface area contributed by atoms with E-state index in [9.17, 15) is 9.59 Å². The van der Waals surface area contributed by atoms with Crippen molar-refractivity contribution < 1.29 is 14.3 Å². The molecule has 5 heteroatoms. The van der Waals surface area contributed by atoms with Crippen LogP contribution in [0.1, 0.15) is 41.9 Å². The van der Waals surface area contributed by atoms with Gasteiger partial charge < -0.3 is 4.74 Å². The molecule has 0 bridgehead atoms. The van der Waals surface area contributed by atoms with Gasteiger partial charge >= 0.3 is 5.97 Å². The molecular weight excluding hydrogens is 256 g/mol. The lowest BCUT2D eigenvalue weighted by atomic mass is 10.0. The Morgan fingerprint density at radius 3 is 2.40 bits per heavy atom. The van der Waals surface area contributed by atoms with Crippen LogP contribution in [0.25, 0.3) is 0 Å². The summed E-state index contributed by atoms with van der Waals surface area (Å²) < 4.78 is 4.81. The third-order valence-electron chi connectivity index (χ3n) is 3.25. The van der Waals surface area contributed by atoms with Crippen molar-refractivity contribution in [3.8, 4) is 0 Å². The zero-order valence-corrected chi connectivity index (χ0v) is 11.6. The van der Waals surface area contributed by atoms with Crippen molar-refractivity contribution in [3.05, 3.63) is 35.4 Å². The summed E-state index contributed by atoms with van der Waals surface area (Å²) in [5, 5.41) is 6.64. The predicted octanol–water partition coefficient (Wildman–Crippen LogP) is 1.40. The van der Waals surface area contributed by atoms with Gasteiger partial charge in [0.15, 0.2) is 5.78 Å². The van der Waals surface area contributed by atoms with Gasteiger partial charge in [-0.05, 0) is 12.5 Å². The number of esters is 1. The molecule has 0 aromatic heterocycles. The van der Waals surface area contributed by atoms with E-state index >= 15 is 0 Å². The Kier molecular flexibility index (Phi) is 5.26. The second-order valence-electron chi connectivity index (χ2n) is 4.69. The van der Waals surface area contributed by atoms with E-state index in [0.29, 0.717) is 12.2 Å². The average molecular weight is 276 g/mol. The zero-order chi connectivity index (χ0) is 14.4. The summed E-state index contributed by atoms with van der Waals surface area (Å²) >= 11 is 0. The van der Waals surface area contributed by atoms with Crippen molar-refractivity contribution >= 4 is 11.8 Å². The Morgan fingerprint density at radius 1 is 1.15 bits per heavy atom. The zero-order valence-electron chi connectivity index (χ0n) is 11.6. The lowest BCUT2D eigenvalue weighted by Gasteiger charge is -2.11. The van der Waals surface area contributed by atoms with Gasteiger partial charge in [-0.3, -0.25) is 20.2 Å². The molecule has 1 aromatic rings. The van der Waals surface area contributed by atoms with Crippen molar-refractivity contribution in [1.82, 2.24) is 10.6 Å². The first-order valence-corrected chi connectivity index (χ1v) is 6.96. The molecule has 1 aliphatic heterocycles. The Morgan fingerprint density at radius 2 is 1.80 bits per heavy atom. The van der Waals surface area contributed by atoms with Crippen LogP contribution in [0.3, 0.4) is 0 Å². The third kappa shape index (κ3) is 3.88. The van der Waals surface area contributed by atoms with E-state index in [-0.39, 0.29) is 30.8 Å². The van der Waals surface area contributed by atoms with E-state index in [0.717, 1.165) is 18.7 Å². The number of ether oxygens (including phenoxy) is 1. The highest BCUT2D eigenvalue weighted by Crippen LogP contribution is 2.15. The highest BCUT2D eigenvalue weighted by Gasteiger charge is 2.15. The fourth-order valence-electron chi connectivity index (χ4n) is 2.20. The van der Waals surface area contributed by atoms with E-state index in [4.69, 9.17) is 4.74 Å². The largest absolute Gasteiger partial charge is 0.466 e. The normalized spacial score (nSPS) is 15.2. The highest BCUT2D eigenvalue weighted by molar-refractivity contribution is 5.97. The maximum Gasteiger partial charge on any atom is 0.306 e. The number of carbonyl (C=O) groups excluding carboxylic acids is 2. The Bertz CT molecular complexity index is 465. The van der Waals surface area contributed by atoms with Crippen molar-refractivity contribution in [2.75, 3.05) is 19.7 Å². The molecule has 2 N–H and O–H groups in total. The summed E-state index contributed by atoms with van der Waals surface area (Å²) in [5.74, 6) is -0.353. The highest BCUT2D eigenvalue weighted by atomic mass is 16.5. The molecule has 20 heavy (non-hydrogen) atoms. The van der Waals surface area contributed by atoms with Crippen LogP contribution in [0.5, 0.6) is 0 Å². The number of rotatable bonds is 6. The standard InChI is InChI=1S/C15H20N2O3/c1-2-20-14(19)8-7-13(18)11-3-5-12(6-4-11)15-16-9-10-17-15/h3-6,15-17H,2,7-10H2,1H3. The minimum atomic E-state index is -0.322. The summed E-state index contributed by atoms with van der Waals surface area (Å²) in [7, 11) is 0. The fraction of sp³-hybridized carbons (Fsp3) is 0.467. The van der Waals surface area contributed by atoms with Crippen molar-refractivity contribution in [2.45, 2.75) is 25.9 Å². The number of benzene rings is 1. The second-order valence-corrected chi connectivity index (χ2v) is 4.69. The monoisotopic (exact) mass is 276 g/mol. The van der Waals surface area contributed by atoms with Gasteiger partial charge in [-0.2, -0.15) is 0 Å². The van der Waals surface area contributed by atoms with Crippen LogP contribution in [0, 0.1) is 0 Å². The van der Waals surface area contributed by atoms with Gasteiger partial charge in [0.1, 0.15) is 0 Å². The van der Waals surface area contributed by atoms with Crippen molar-refractivity contribution in [3.63, 3.8) is 0 Å². The van der Waals surface area contributed by atoms with Gasteiger partial charge in [0.2, 0.25) is 0 Å². The smallest absolute Gasteiger partial charge is 0.306 e. The molecule has 0 amide bonds. The maximum atomic E-state index is 11.9. The first-order chi connectivity index (χ1) is 9.70. The Hall–Kier alpha value is -1.72. The molecule has 108 valence electrons. The number of hydrogen-bond donors (Lipinski definition) is 2. The summed E-state index contributed by atoms with van der Waals surface area (Å²) in [6, 6.07) is 7.50. The number of ketones is 1. The van der Waals surface area contributed by atoms with Crippen LogP contribution >= 0.6 is 0 Å². The summed E-state index contributed by atoms with van der Waals surface area (Å²) in [6.07, 6.45) is 0.497. The molecule has 1 heterocycles. The minimum absolute atomic E-state index is 0.0306. The van der Waals surface area contributed by atoms with E-state index in [2.05, 4.69) is 10.6 Å². The molecule has 1 aromatic carbocycles. The van der Waals surface area contributed by atoms with Crippen molar-refractivity contribution in [2.24, 2.45) is 0 Å². The molecule has 1 saturated heterocycles. The van der Waals surface area contributed by atoms with Crippen molar-refractivity contribution in [1.29, 1.82) is 0 Å². The molecule has 0 aliphatic carbocycles. The molecule has 0 spiro atoms. The van der Waals surface area contributed by atoms with E-state index in [1.165, 1.54) is 0 Å². The first kappa shape index (κ1) is 14.7. The van der Waals surface area contributed by atoms with Crippen LogP contribution in [0.15, 0.2) is 24.3 Å². The number of carbonyl (C=O) groups is 2. The molecule has 5 nitrogen and oxygen atoms in total.